The van der Waals surface area contributed by atoms with Crippen LogP contribution in [0.1, 0.15) is 19.7 Å². The van der Waals surface area contributed by atoms with Crippen molar-refractivity contribution < 1.29 is 4.74 Å². The first kappa shape index (κ1) is 15.8. The average Bonchev–Trinajstić information content (AvgIpc) is 3.03. The van der Waals surface area contributed by atoms with E-state index in [0.717, 1.165) is 34.2 Å². The summed E-state index contributed by atoms with van der Waals surface area (Å²) >= 11 is 0. The molecule has 0 saturated carbocycles. The molecule has 3 aromatic rings. The van der Waals surface area contributed by atoms with Crippen molar-refractivity contribution in [1.29, 1.82) is 0 Å². The Morgan fingerprint density at radius 3 is 2.55 bits per heavy atom. The highest BCUT2D eigenvalue weighted by molar-refractivity contribution is 5.89. The predicted octanol–water partition coefficient (Wildman–Crippen LogP) is 3.46. The number of fused-ring (bicyclic) bond motifs is 1. The van der Waals surface area contributed by atoms with E-state index in [1.807, 2.05) is 57.1 Å². The highest BCUT2D eigenvalue weighted by Gasteiger charge is 2.13. The zero-order valence-electron chi connectivity index (χ0n) is 13.6. The van der Waals surface area contributed by atoms with Crippen LogP contribution >= 0.6 is 0 Å². The van der Waals surface area contributed by atoms with Gasteiger partial charge in [0.1, 0.15) is 28.9 Å². The van der Waals surface area contributed by atoms with Crippen molar-refractivity contribution in [3.05, 3.63) is 36.4 Å². The number of rotatable bonds is 3. The zero-order valence-corrected chi connectivity index (χ0v) is 13.6. The van der Waals surface area contributed by atoms with Crippen molar-refractivity contribution >= 4 is 22.7 Å². The van der Waals surface area contributed by atoms with E-state index < -0.39 is 0 Å². The molecular weight excluding hydrogens is 278 g/mol. The van der Waals surface area contributed by atoms with E-state index in [9.17, 15) is 0 Å². The highest BCUT2D eigenvalue weighted by Crippen LogP contribution is 2.27. The molecule has 116 valence electrons. The smallest absolute Gasteiger partial charge is 0.147 e. The number of aromatic nitrogens is 4. The summed E-state index contributed by atoms with van der Waals surface area (Å²) in [6, 6.07) is 5.74. The van der Waals surface area contributed by atoms with Gasteiger partial charge in [0, 0.05) is 13.2 Å². The second kappa shape index (κ2) is 6.89. The van der Waals surface area contributed by atoms with Gasteiger partial charge >= 0.3 is 0 Å². The molecule has 6 heteroatoms. The molecule has 0 radical (unpaired) electrons. The minimum absolute atomic E-state index is 0.718. The van der Waals surface area contributed by atoms with E-state index in [1.54, 1.807) is 13.3 Å². The summed E-state index contributed by atoms with van der Waals surface area (Å²) in [5.41, 5.74) is 0.827. The van der Waals surface area contributed by atoms with Crippen molar-refractivity contribution in [1.82, 2.24) is 19.9 Å². The highest BCUT2D eigenvalue weighted by atomic mass is 16.5. The quantitative estimate of drug-likeness (QED) is 0.802. The summed E-state index contributed by atoms with van der Waals surface area (Å²) in [4.78, 5) is 18.3. The van der Waals surface area contributed by atoms with Gasteiger partial charge in [0.15, 0.2) is 0 Å². The number of hydrogen-bond acceptors (Lipinski definition) is 5. The van der Waals surface area contributed by atoms with E-state index in [4.69, 9.17) is 4.74 Å². The Morgan fingerprint density at radius 1 is 1.14 bits per heavy atom. The Kier molecular flexibility index (Phi) is 4.93. The molecule has 0 aromatic carbocycles. The van der Waals surface area contributed by atoms with Crippen molar-refractivity contribution in [3.8, 4) is 5.75 Å². The van der Waals surface area contributed by atoms with Gasteiger partial charge in [-0.05, 0) is 25.1 Å². The Labute approximate surface area is 130 Å². The maximum Gasteiger partial charge on any atom is 0.147 e. The van der Waals surface area contributed by atoms with Gasteiger partial charge in [-0.15, -0.1) is 0 Å². The predicted molar refractivity (Wildman–Crippen MR) is 88.8 cm³/mol. The SMILES string of the molecule is CC.COc1ccc(N(C)c2nc(C)nc3[nH]ccc23)nc1. The first-order valence-electron chi connectivity index (χ1n) is 7.24. The molecule has 3 aromatic heterocycles. The fraction of sp³-hybridized carbons (Fsp3) is 0.312. The Bertz CT molecular complexity index is 736. The van der Waals surface area contributed by atoms with E-state index in [1.165, 1.54) is 0 Å². The van der Waals surface area contributed by atoms with Crippen LogP contribution in [0.5, 0.6) is 5.75 Å². The van der Waals surface area contributed by atoms with Crippen LogP contribution in [-0.2, 0) is 0 Å². The zero-order chi connectivity index (χ0) is 16.1. The lowest BCUT2D eigenvalue weighted by molar-refractivity contribution is 0.413. The molecule has 0 aliphatic carbocycles. The van der Waals surface area contributed by atoms with Gasteiger partial charge in [-0.3, -0.25) is 0 Å². The number of hydrogen-bond donors (Lipinski definition) is 1. The summed E-state index contributed by atoms with van der Waals surface area (Å²) < 4.78 is 5.12. The monoisotopic (exact) mass is 299 g/mol. The third-order valence-electron chi connectivity index (χ3n) is 3.13. The van der Waals surface area contributed by atoms with E-state index >= 15 is 0 Å². The summed E-state index contributed by atoms with van der Waals surface area (Å²) in [6.45, 7) is 5.87. The maximum absolute atomic E-state index is 5.12. The first-order valence-corrected chi connectivity index (χ1v) is 7.24. The number of methoxy groups -OCH3 is 1. The van der Waals surface area contributed by atoms with Crippen LogP contribution < -0.4 is 9.64 Å². The topological polar surface area (TPSA) is 66.9 Å². The standard InChI is InChI=1S/C14H15N5O.C2H6/c1-9-17-13-11(6-7-15-13)14(18-9)19(2)12-5-4-10(20-3)8-16-12;1-2/h4-8H,1-3H3,(H,15,17,18);1-2H3. The summed E-state index contributed by atoms with van der Waals surface area (Å²) in [5.74, 6) is 3.07. The van der Waals surface area contributed by atoms with Crippen molar-refractivity contribution in [2.24, 2.45) is 0 Å². The van der Waals surface area contributed by atoms with Gasteiger partial charge in [-0.1, -0.05) is 13.8 Å². The van der Waals surface area contributed by atoms with Crippen LogP contribution in [0.3, 0.4) is 0 Å². The van der Waals surface area contributed by atoms with Crippen molar-refractivity contribution in [3.63, 3.8) is 0 Å². The molecular formula is C16H21N5O. The Balaban J connectivity index is 0.000000847. The molecule has 0 amide bonds. The molecule has 0 unspecified atom stereocenters. The fourth-order valence-corrected chi connectivity index (χ4v) is 2.09. The van der Waals surface area contributed by atoms with Gasteiger partial charge in [0.25, 0.3) is 0 Å². The number of nitrogens with one attached hydrogen (secondary N) is 1. The number of aromatic amines is 1. The molecule has 0 spiro atoms. The third-order valence-corrected chi connectivity index (χ3v) is 3.13. The van der Waals surface area contributed by atoms with Gasteiger partial charge < -0.3 is 14.6 Å². The molecule has 22 heavy (non-hydrogen) atoms. The molecule has 0 fully saturated rings. The Hall–Kier alpha value is -2.63. The number of pyridine rings is 1. The second-order valence-electron chi connectivity index (χ2n) is 4.45. The molecule has 0 saturated heterocycles. The summed E-state index contributed by atoms with van der Waals surface area (Å²) in [6.07, 6.45) is 3.55. The van der Waals surface area contributed by atoms with Crippen molar-refractivity contribution in [2.75, 3.05) is 19.1 Å². The van der Waals surface area contributed by atoms with Crippen LogP contribution in [0.4, 0.5) is 11.6 Å². The van der Waals surface area contributed by atoms with Gasteiger partial charge in [0.2, 0.25) is 0 Å². The number of anilines is 2. The molecule has 0 atom stereocenters. The molecule has 3 rings (SSSR count). The lowest BCUT2D eigenvalue weighted by atomic mass is 10.3. The van der Waals surface area contributed by atoms with Crippen LogP contribution in [-0.4, -0.2) is 34.1 Å². The van der Waals surface area contributed by atoms with Crippen LogP contribution in [0.2, 0.25) is 0 Å². The molecule has 3 heterocycles. The van der Waals surface area contributed by atoms with E-state index in [0.29, 0.717) is 0 Å². The molecule has 1 N–H and O–H groups in total. The number of nitrogens with zero attached hydrogens (tertiary/aromatic N) is 4. The summed E-state index contributed by atoms with van der Waals surface area (Å²) in [5, 5.41) is 0.968. The first-order chi connectivity index (χ1) is 10.7. The van der Waals surface area contributed by atoms with Gasteiger partial charge in [-0.2, -0.15) is 0 Å². The lowest BCUT2D eigenvalue weighted by Crippen LogP contribution is -2.14. The number of H-pyrrole nitrogens is 1. The minimum atomic E-state index is 0.718. The lowest BCUT2D eigenvalue weighted by Gasteiger charge is -2.18. The minimum Gasteiger partial charge on any atom is -0.495 e. The van der Waals surface area contributed by atoms with Crippen LogP contribution in [0, 0.1) is 6.92 Å². The average molecular weight is 299 g/mol. The molecule has 0 aliphatic heterocycles. The number of ether oxygens (including phenoxy) is 1. The number of aryl methyl sites for hydroxylation is 1. The van der Waals surface area contributed by atoms with Gasteiger partial charge in [-0.25, -0.2) is 15.0 Å². The maximum atomic E-state index is 5.12. The molecule has 6 nitrogen and oxygen atoms in total. The summed E-state index contributed by atoms with van der Waals surface area (Å²) in [7, 11) is 3.56. The third kappa shape index (κ3) is 3.00. The van der Waals surface area contributed by atoms with E-state index in [2.05, 4.69) is 19.9 Å². The largest absolute Gasteiger partial charge is 0.495 e. The molecule has 0 bridgehead atoms. The fourth-order valence-electron chi connectivity index (χ4n) is 2.09. The van der Waals surface area contributed by atoms with Crippen LogP contribution in [0.25, 0.3) is 11.0 Å². The second-order valence-corrected chi connectivity index (χ2v) is 4.45. The van der Waals surface area contributed by atoms with Crippen LogP contribution in [0.15, 0.2) is 30.6 Å². The molecule has 0 aliphatic rings. The van der Waals surface area contributed by atoms with Crippen molar-refractivity contribution in [2.45, 2.75) is 20.8 Å². The van der Waals surface area contributed by atoms with E-state index in [-0.39, 0.29) is 0 Å². The normalized spacial score (nSPS) is 10.0. The Morgan fingerprint density at radius 2 is 1.91 bits per heavy atom. The van der Waals surface area contributed by atoms with Gasteiger partial charge in [0.05, 0.1) is 18.7 Å².